The summed E-state index contributed by atoms with van der Waals surface area (Å²) in [4.78, 5) is 30.9. The highest BCUT2D eigenvalue weighted by molar-refractivity contribution is 6.39. The van der Waals surface area contributed by atoms with E-state index in [1.165, 1.54) is 25.5 Å². The molecule has 2 aromatic heterocycles. The molecule has 1 aromatic carbocycles. The fourth-order valence-electron chi connectivity index (χ4n) is 3.30. The van der Waals surface area contributed by atoms with E-state index in [0.717, 1.165) is 12.1 Å². The first-order valence-corrected chi connectivity index (χ1v) is 11.5. The van der Waals surface area contributed by atoms with Crippen molar-refractivity contribution in [3.8, 4) is 0 Å². The van der Waals surface area contributed by atoms with Crippen molar-refractivity contribution in [2.24, 2.45) is 0 Å². The molecule has 2 heterocycles. The zero-order valence-corrected chi connectivity index (χ0v) is 20.4. The van der Waals surface area contributed by atoms with Crippen molar-refractivity contribution < 1.29 is 22.8 Å². The number of fused-ring (bicyclic) bond motifs is 1. The minimum Gasteiger partial charge on any atom is -0.383 e. The molecule has 10 heteroatoms. The summed E-state index contributed by atoms with van der Waals surface area (Å²) in [5, 5.41) is 4.60. The maximum atomic E-state index is 12.4. The summed E-state index contributed by atoms with van der Waals surface area (Å²) in [6.07, 6.45) is 1.43. The third-order valence-electron chi connectivity index (χ3n) is 5.18. The number of carbonyl (C=O) groups excluding carboxylic acids is 2. The summed E-state index contributed by atoms with van der Waals surface area (Å²) in [7, 11) is 0. The Hall–Kier alpha value is -3.95. The number of amides is 2. The molecule has 192 valence electrons. The molecule has 4 N–H and O–H groups in total. The number of nitrogens with two attached hydrogens (primary N) is 1. The molecule has 7 nitrogen and oxygen atoms in total. The number of anilines is 2. The molecular weight excluding hydrogens is 471 g/mol. The fourth-order valence-corrected chi connectivity index (χ4v) is 3.30. The first kappa shape index (κ1) is 28.3. The van der Waals surface area contributed by atoms with Gasteiger partial charge in [-0.25, -0.2) is 4.98 Å². The molecule has 0 bridgehead atoms. The van der Waals surface area contributed by atoms with Crippen LogP contribution in [0.1, 0.15) is 48.2 Å². The smallest absolute Gasteiger partial charge is 0.383 e. The number of pyridine rings is 2. The topological polar surface area (TPSA) is 110 Å². The SMILES string of the molecule is CC.Cc1cc(NC(=O)C(=O)NCc2ccc(C(F)(F)F)cn2)cnc1N.c1ccc2c(c1)CCC2. The number of halogens is 3. The predicted molar refractivity (Wildman–Crippen MR) is 133 cm³/mol. The van der Waals surface area contributed by atoms with Crippen LogP contribution in [0, 0.1) is 6.92 Å². The number of hydrogen-bond donors (Lipinski definition) is 3. The van der Waals surface area contributed by atoms with E-state index in [9.17, 15) is 22.8 Å². The Bertz CT molecular complexity index is 1140. The molecule has 0 radical (unpaired) electrons. The fraction of sp³-hybridized carbons (Fsp3) is 0.308. The summed E-state index contributed by atoms with van der Waals surface area (Å²) in [5.41, 5.74) is 8.89. The van der Waals surface area contributed by atoms with E-state index in [4.69, 9.17) is 5.73 Å². The minimum absolute atomic E-state index is 0.180. The maximum absolute atomic E-state index is 12.4. The Morgan fingerprint density at radius 1 is 0.972 bits per heavy atom. The van der Waals surface area contributed by atoms with Gasteiger partial charge < -0.3 is 16.4 Å². The van der Waals surface area contributed by atoms with Crippen LogP contribution in [-0.2, 0) is 35.2 Å². The lowest BCUT2D eigenvalue weighted by Gasteiger charge is -2.09. The van der Waals surface area contributed by atoms with Gasteiger partial charge in [0, 0.05) is 6.20 Å². The van der Waals surface area contributed by atoms with E-state index in [0.29, 0.717) is 23.3 Å². The third-order valence-corrected chi connectivity index (χ3v) is 5.18. The van der Waals surface area contributed by atoms with Crippen molar-refractivity contribution in [3.05, 3.63) is 82.8 Å². The lowest BCUT2D eigenvalue weighted by Crippen LogP contribution is -2.35. The summed E-state index contributed by atoms with van der Waals surface area (Å²) in [5.74, 6) is -1.61. The van der Waals surface area contributed by atoms with Crippen molar-refractivity contribution in [3.63, 3.8) is 0 Å². The Balaban J connectivity index is 0.000000341. The van der Waals surface area contributed by atoms with E-state index < -0.39 is 23.6 Å². The molecule has 1 aliphatic carbocycles. The number of aromatic nitrogens is 2. The number of nitrogens with zero attached hydrogens (tertiary/aromatic N) is 2. The molecule has 0 saturated carbocycles. The molecule has 2 amide bonds. The lowest BCUT2D eigenvalue weighted by atomic mass is 10.1. The van der Waals surface area contributed by atoms with Gasteiger partial charge in [-0.3, -0.25) is 14.6 Å². The number of aryl methyl sites for hydroxylation is 3. The molecule has 3 aromatic rings. The average molecular weight is 502 g/mol. The monoisotopic (exact) mass is 501 g/mol. The zero-order chi connectivity index (χ0) is 26.7. The predicted octanol–water partition coefficient (Wildman–Crippen LogP) is 4.84. The molecule has 0 saturated heterocycles. The van der Waals surface area contributed by atoms with Crippen LogP contribution in [-0.4, -0.2) is 21.8 Å². The quantitative estimate of drug-likeness (QED) is 0.445. The number of hydrogen-bond acceptors (Lipinski definition) is 5. The van der Waals surface area contributed by atoms with Crippen LogP contribution in [0.2, 0.25) is 0 Å². The van der Waals surface area contributed by atoms with Gasteiger partial charge in [-0.2, -0.15) is 13.2 Å². The molecule has 1 aliphatic rings. The van der Waals surface area contributed by atoms with Crippen molar-refractivity contribution >= 4 is 23.3 Å². The summed E-state index contributed by atoms with van der Waals surface area (Å²) < 4.78 is 37.3. The Morgan fingerprint density at radius 3 is 2.14 bits per heavy atom. The first-order valence-electron chi connectivity index (χ1n) is 11.5. The number of nitrogens with one attached hydrogen (secondary N) is 2. The highest BCUT2D eigenvalue weighted by Crippen LogP contribution is 2.28. The highest BCUT2D eigenvalue weighted by atomic mass is 19.4. The van der Waals surface area contributed by atoms with E-state index in [1.54, 1.807) is 24.1 Å². The molecule has 4 rings (SSSR count). The molecule has 0 atom stereocenters. The maximum Gasteiger partial charge on any atom is 0.417 e. The number of alkyl halides is 3. The van der Waals surface area contributed by atoms with Crippen LogP contribution in [0.4, 0.5) is 24.7 Å². The van der Waals surface area contributed by atoms with Crippen LogP contribution in [0.15, 0.2) is 54.9 Å². The van der Waals surface area contributed by atoms with Gasteiger partial charge in [0.25, 0.3) is 0 Å². The van der Waals surface area contributed by atoms with E-state index in [2.05, 4.69) is 44.9 Å². The van der Waals surface area contributed by atoms with E-state index >= 15 is 0 Å². The zero-order valence-electron chi connectivity index (χ0n) is 20.4. The van der Waals surface area contributed by atoms with Gasteiger partial charge in [-0.05, 0) is 61.1 Å². The third kappa shape index (κ3) is 8.37. The first-order chi connectivity index (χ1) is 17.1. The second kappa shape index (κ2) is 13.2. The second-order valence-electron chi connectivity index (χ2n) is 7.72. The lowest BCUT2D eigenvalue weighted by molar-refractivity contribution is -0.137. The molecule has 36 heavy (non-hydrogen) atoms. The van der Waals surface area contributed by atoms with Gasteiger partial charge in [0.2, 0.25) is 0 Å². The van der Waals surface area contributed by atoms with Crippen molar-refractivity contribution in [1.29, 1.82) is 0 Å². The molecular formula is C26H30F3N5O2. The van der Waals surface area contributed by atoms with Crippen LogP contribution in [0.25, 0.3) is 0 Å². The number of nitrogen functional groups attached to an aromatic ring is 1. The number of carbonyl (C=O) groups is 2. The van der Waals surface area contributed by atoms with Crippen LogP contribution >= 0.6 is 0 Å². The van der Waals surface area contributed by atoms with Gasteiger partial charge in [-0.1, -0.05) is 38.1 Å². The molecule has 0 aliphatic heterocycles. The molecule has 0 unspecified atom stereocenters. The normalized spacial score (nSPS) is 11.7. The summed E-state index contributed by atoms with van der Waals surface area (Å²) in [6.45, 7) is 5.50. The van der Waals surface area contributed by atoms with Crippen LogP contribution in [0.5, 0.6) is 0 Å². The number of benzene rings is 1. The Labute approximate surface area is 208 Å². The average Bonchev–Trinajstić information content (AvgIpc) is 3.35. The largest absolute Gasteiger partial charge is 0.417 e. The summed E-state index contributed by atoms with van der Waals surface area (Å²) in [6, 6.07) is 12.2. The van der Waals surface area contributed by atoms with E-state index in [1.807, 2.05) is 13.8 Å². The van der Waals surface area contributed by atoms with E-state index in [-0.39, 0.29) is 12.2 Å². The van der Waals surface area contributed by atoms with Crippen LogP contribution in [0.3, 0.4) is 0 Å². The Kier molecular flexibility index (Phi) is 10.4. The van der Waals surface area contributed by atoms with Gasteiger partial charge in [0.05, 0.1) is 29.7 Å². The highest BCUT2D eigenvalue weighted by Gasteiger charge is 2.30. The van der Waals surface area contributed by atoms with Gasteiger partial charge in [0.15, 0.2) is 0 Å². The van der Waals surface area contributed by atoms with Crippen molar-refractivity contribution in [2.75, 3.05) is 11.1 Å². The molecule has 0 spiro atoms. The number of rotatable bonds is 3. The van der Waals surface area contributed by atoms with Crippen LogP contribution < -0.4 is 16.4 Å². The second-order valence-corrected chi connectivity index (χ2v) is 7.72. The van der Waals surface area contributed by atoms with Gasteiger partial charge >= 0.3 is 18.0 Å². The Morgan fingerprint density at radius 2 is 1.61 bits per heavy atom. The molecule has 0 fully saturated rings. The standard InChI is InChI=1S/C15H14F3N5O2.C9H10.C2H6/c1-8-4-11(7-21-12(8)19)23-14(25)13(24)22-6-10-3-2-9(5-20-10)15(16,17)18;1-2-5-9-7-3-6-8(9)4-1;1-2/h2-5,7H,6H2,1H3,(H2,19,21)(H,22,24)(H,23,25);1-2,4-5H,3,6-7H2;1-2H3. The minimum atomic E-state index is -4.49. The summed E-state index contributed by atoms with van der Waals surface area (Å²) >= 11 is 0. The van der Waals surface area contributed by atoms with Crippen molar-refractivity contribution in [2.45, 2.75) is 52.8 Å². The van der Waals surface area contributed by atoms with Crippen molar-refractivity contribution in [1.82, 2.24) is 15.3 Å². The van der Waals surface area contributed by atoms with Gasteiger partial charge in [-0.15, -0.1) is 0 Å². The van der Waals surface area contributed by atoms with Gasteiger partial charge in [0.1, 0.15) is 5.82 Å².